The van der Waals surface area contributed by atoms with Crippen LogP contribution in [0.3, 0.4) is 0 Å². The summed E-state index contributed by atoms with van der Waals surface area (Å²) in [5.41, 5.74) is 1.56. The molecule has 0 radical (unpaired) electrons. The van der Waals surface area contributed by atoms with E-state index in [2.05, 4.69) is 44.1 Å². The van der Waals surface area contributed by atoms with Crippen LogP contribution in [0.5, 0.6) is 0 Å². The lowest BCUT2D eigenvalue weighted by molar-refractivity contribution is 0.504. The molecule has 0 heterocycles. The lowest BCUT2D eigenvalue weighted by Crippen LogP contribution is -2.18. The highest BCUT2D eigenvalue weighted by molar-refractivity contribution is 5.93. The van der Waals surface area contributed by atoms with Gasteiger partial charge >= 0.3 is 0 Å². The van der Waals surface area contributed by atoms with Gasteiger partial charge in [0.25, 0.3) is 0 Å². The predicted octanol–water partition coefficient (Wildman–Crippen LogP) is 2.23. The minimum absolute atomic E-state index is 0.229. The maximum absolute atomic E-state index is 4.09. The van der Waals surface area contributed by atoms with E-state index in [0.717, 1.165) is 5.84 Å². The molecular formula is C10H20N2. The van der Waals surface area contributed by atoms with E-state index in [0.29, 0.717) is 0 Å². The second kappa shape index (κ2) is 4.29. The molecule has 0 aliphatic heterocycles. The smallest absolute Gasteiger partial charge is 0.120 e. The van der Waals surface area contributed by atoms with Gasteiger partial charge in [0, 0.05) is 14.1 Å². The minimum atomic E-state index is 0.229. The Kier molecular flexibility index (Phi) is 4.01. The Balaban J connectivity index is 4.56. The molecule has 0 aromatic rings. The third-order valence-electron chi connectivity index (χ3n) is 2.03. The van der Waals surface area contributed by atoms with E-state index in [4.69, 9.17) is 0 Å². The zero-order chi connectivity index (χ0) is 9.78. The van der Waals surface area contributed by atoms with Crippen molar-refractivity contribution in [3.05, 3.63) is 11.6 Å². The molecule has 0 aromatic heterocycles. The van der Waals surface area contributed by atoms with Crippen LogP contribution in [0.25, 0.3) is 0 Å². The monoisotopic (exact) mass is 168 g/mol. The van der Waals surface area contributed by atoms with Crippen LogP contribution in [0.4, 0.5) is 0 Å². The van der Waals surface area contributed by atoms with Crippen LogP contribution in [-0.2, 0) is 0 Å². The molecule has 0 saturated heterocycles. The Labute approximate surface area is 75.8 Å². The largest absolute Gasteiger partial charge is 0.373 e. The molecular weight excluding hydrogens is 148 g/mol. The zero-order valence-corrected chi connectivity index (χ0v) is 9.02. The summed E-state index contributed by atoms with van der Waals surface area (Å²) in [6.07, 6.45) is 2.08. The summed E-state index contributed by atoms with van der Waals surface area (Å²) in [6.45, 7) is 8.72. The summed E-state index contributed by atoms with van der Waals surface area (Å²) in [5.74, 6) is 0.933. The van der Waals surface area contributed by atoms with Gasteiger partial charge in [0.15, 0.2) is 0 Å². The van der Waals surface area contributed by atoms with E-state index in [1.165, 1.54) is 5.57 Å². The zero-order valence-electron chi connectivity index (χ0n) is 9.02. The Morgan fingerprint density at radius 1 is 1.33 bits per heavy atom. The average molecular weight is 168 g/mol. The fourth-order valence-corrected chi connectivity index (χ4v) is 0.670. The first-order chi connectivity index (χ1) is 5.41. The summed E-state index contributed by atoms with van der Waals surface area (Å²) in [5, 5.41) is 3.03. The van der Waals surface area contributed by atoms with E-state index in [1.807, 2.05) is 7.05 Å². The van der Waals surface area contributed by atoms with Crippen molar-refractivity contribution in [3.8, 4) is 0 Å². The SMILES string of the molecule is CN=C(/C=C(\C)C(C)(C)C)NC. The van der Waals surface area contributed by atoms with Crippen LogP contribution in [0.2, 0.25) is 0 Å². The minimum Gasteiger partial charge on any atom is -0.373 e. The number of aliphatic imine (C=N–C) groups is 1. The second-order valence-corrected chi connectivity index (χ2v) is 3.94. The quantitative estimate of drug-likeness (QED) is 0.471. The summed E-state index contributed by atoms with van der Waals surface area (Å²) in [7, 11) is 3.67. The van der Waals surface area contributed by atoms with Crippen molar-refractivity contribution >= 4 is 5.84 Å². The average Bonchev–Trinajstić information content (AvgIpc) is 1.97. The third-order valence-corrected chi connectivity index (χ3v) is 2.03. The molecule has 1 N–H and O–H groups in total. The van der Waals surface area contributed by atoms with E-state index < -0.39 is 0 Å². The van der Waals surface area contributed by atoms with E-state index >= 15 is 0 Å². The van der Waals surface area contributed by atoms with E-state index in [-0.39, 0.29) is 5.41 Å². The van der Waals surface area contributed by atoms with E-state index in [1.54, 1.807) is 7.05 Å². The fraction of sp³-hybridized carbons (Fsp3) is 0.700. The molecule has 0 spiro atoms. The molecule has 0 bridgehead atoms. The lowest BCUT2D eigenvalue weighted by Gasteiger charge is -2.19. The van der Waals surface area contributed by atoms with Crippen molar-refractivity contribution < 1.29 is 0 Å². The molecule has 0 saturated carbocycles. The highest BCUT2D eigenvalue weighted by atomic mass is 14.9. The molecule has 12 heavy (non-hydrogen) atoms. The van der Waals surface area contributed by atoms with Crippen LogP contribution in [-0.4, -0.2) is 19.9 Å². The summed E-state index contributed by atoms with van der Waals surface area (Å²) >= 11 is 0. The first-order valence-corrected chi connectivity index (χ1v) is 4.25. The van der Waals surface area contributed by atoms with Crippen molar-refractivity contribution in [2.75, 3.05) is 14.1 Å². The standard InChI is InChI=1S/C10H20N2/c1-8(10(2,3)4)7-9(11-5)12-6/h7H,1-6H3,(H,11,12)/b8-7+. The molecule has 2 heteroatoms. The van der Waals surface area contributed by atoms with Gasteiger partial charge in [-0.2, -0.15) is 0 Å². The van der Waals surface area contributed by atoms with Crippen molar-refractivity contribution in [1.82, 2.24) is 5.32 Å². The maximum atomic E-state index is 4.09. The van der Waals surface area contributed by atoms with Crippen molar-refractivity contribution in [3.63, 3.8) is 0 Å². The molecule has 0 atom stereocenters. The van der Waals surface area contributed by atoms with Gasteiger partial charge in [-0.05, 0) is 18.4 Å². The highest BCUT2D eigenvalue weighted by Gasteiger charge is 2.12. The third kappa shape index (κ3) is 3.56. The number of nitrogens with one attached hydrogen (secondary N) is 1. The van der Waals surface area contributed by atoms with E-state index in [9.17, 15) is 0 Å². The number of nitrogens with zero attached hydrogens (tertiary/aromatic N) is 1. The lowest BCUT2D eigenvalue weighted by atomic mass is 9.87. The maximum Gasteiger partial charge on any atom is 0.120 e. The Morgan fingerprint density at radius 3 is 2.08 bits per heavy atom. The Hall–Kier alpha value is -0.790. The molecule has 0 aliphatic rings. The molecule has 0 unspecified atom stereocenters. The number of amidine groups is 1. The van der Waals surface area contributed by atoms with Gasteiger partial charge in [0.2, 0.25) is 0 Å². The first-order valence-electron chi connectivity index (χ1n) is 4.25. The van der Waals surface area contributed by atoms with Gasteiger partial charge in [0.05, 0.1) is 0 Å². The number of likely N-dealkylation sites (N-methyl/N-ethyl adjacent to an activating group) is 1. The number of hydrogen-bond donors (Lipinski definition) is 1. The second-order valence-electron chi connectivity index (χ2n) is 3.94. The molecule has 70 valence electrons. The molecule has 0 amide bonds. The van der Waals surface area contributed by atoms with Gasteiger partial charge in [0.1, 0.15) is 5.84 Å². The van der Waals surface area contributed by atoms with Crippen LogP contribution >= 0.6 is 0 Å². The van der Waals surface area contributed by atoms with Crippen LogP contribution in [0.15, 0.2) is 16.6 Å². The number of rotatable bonds is 1. The van der Waals surface area contributed by atoms with Crippen LogP contribution in [0, 0.1) is 5.41 Å². The number of hydrogen-bond acceptors (Lipinski definition) is 1. The highest BCUT2D eigenvalue weighted by Crippen LogP contribution is 2.23. The van der Waals surface area contributed by atoms with Gasteiger partial charge in [-0.25, -0.2) is 0 Å². The molecule has 0 rings (SSSR count). The fourth-order valence-electron chi connectivity index (χ4n) is 0.670. The normalized spacial score (nSPS) is 14.8. The van der Waals surface area contributed by atoms with Crippen molar-refractivity contribution in [2.45, 2.75) is 27.7 Å². The van der Waals surface area contributed by atoms with Crippen molar-refractivity contribution in [2.24, 2.45) is 10.4 Å². The van der Waals surface area contributed by atoms with Gasteiger partial charge in [-0.15, -0.1) is 0 Å². The summed E-state index contributed by atoms with van der Waals surface area (Å²) < 4.78 is 0. The van der Waals surface area contributed by atoms with Crippen molar-refractivity contribution in [1.29, 1.82) is 0 Å². The van der Waals surface area contributed by atoms with Gasteiger partial charge in [-0.1, -0.05) is 26.3 Å². The van der Waals surface area contributed by atoms with Crippen LogP contribution in [0.1, 0.15) is 27.7 Å². The van der Waals surface area contributed by atoms with Gasteiger partial charge in [-0.3, -0.25) is 4.99 Å². The van der Waals surface area contributed by atoms with Crippen LogP contribution < -0.4 is 5.32 Å². The molecule has 0 aliphatic carbocycles. The summed E-state index contributed by atoms with van der Waals surface area (Å²) in [4.78, 5) is 4.09. The molecule has 0 aromatic carbocycles. The topological polar surface area (TPSA) is 24.4 Å². The van der Waals surface area contributed by atoms with Gasteiger partial charge < -0.3 is 5.32 Å². The molecule has 0 fully saturated rings. The Morgan fingerprint density at radius 2 is 1.83 bits per heavy atom. The first kappa shape index (κ1) is 11.2. The predicted molar refractivity (Wildman–Crippen MR) is 55.6 cm³/mol. The Bertz CT molecular complexity index is 194. The number of allylic oxidation sites excluding steroid dienone is 1. The molecule has 2 nitrogen and oxygen atoms in total. The summed E-state index contributed by atoms with van der Waals surface area (Å²) in [6, 6.07) is 0.